The van der Waals surface area contributed by atoms with Gasteiger partial charge in [0.05, 0.1) is 32.5 Å². The van der Waals surface area contributed by atoms with E-state index in [1.807, 2.05) is 18.2 Å². The van der Waals surface area contributed by atoms with Crippen molar-refractivity contribution >= 4 is 24.0 Å². The lowest BCUT2D eigenvalue weighted by Crippen LogP contribution is -2.27. The van der Waals surface area contributed by atoms with E-state index < -0.39 is 0 Å². The summed E-state index contributed by atoms with van der Waals surface area (Å²) >= 11 is 0. The van der Waals surface area contributed by atoms with Crippen LogP contribution in [-0.4, -0.2) is 31.7 Å². The summed E-state index contributed by atoms with van der Waals surface area (Å²) in [6, 6.07) is 9.21. The average Bonchev–Trinajstić information content (AvgIpc) is 2.56. The highest BCUT2D eigenvalue weighted by molar-refractivity contribution is 5.85. The van der Waals surface area contributed by atoms with E-state index >= 15 is 0 Å². The maximum atomic E-state index is 11.9. The summed E-state index contributed by atoms with van der Waals surface area (Å²) in [5.41, 5.74) is 7.91. The summed E-state index contributed by atoms with van der Waals surface area (Å²) in [6.07, 6.45) is 2.50. The molecule has 0 unspecified atom stereocenters. The molecular formula is C17H22ClN3O3. The highest BCUT2D eigenvalue weighted by atomic mass is 35.5. The van der Waals surface area contributed by atoms with Gasteiger partial charge in [-0.1, -0.05) is 6.07 Å². The zero-order valence-electron chi connectivity index (χ0n) is 13.7. The van der Waals surface area contributed by atoms with Crippen LogP contribution in [0.4, 0.5) is 5.69 Å². The van der Waals surface area contributed by atoms with Gasteiger partial charge in [0, 0.05) is 12.2 Å². The predicted molar refractivity (Wildman–Crippen MR) is 95.9 cm³/mol. The number of carbonyl (C=O) groups excluding carboxylic acids is 1. The molecule has 2 aromatic rings. The summed E-state index contributed by atoms with van der Waals surface area (Å²) in [5, 5.41) is 2.88. The fourth-order valence-electron chi connectivity index (χ4n) is 2.15. The molecular weight excluding hydrogens is 330 g/mol. The number of nitrogens with zero attached hydrogens (tertiary/aromatic N) is 1. The number of pyridine rings is 1. The Labute approximate surface area is 147 Å². The molecule has 0 aliphatic heterocycles. The van der Waals surface area contributed by atoms with Gasteiger partial charge in [0.1, 0.15) is 0 Å². The van der Waals surface area contributed by atoms with Crippen LogP contribution in [0.15, 0.2) is 36.5 Å². The Morgan fingerprint density at radius 1 is 1.17 bits per heavy atom. The minimum atomic E-state index is -0.0669. The van der Waals surface area contributed by atoms with Crippen LogP contribution in [-0.2, 0) is 17.6 Å². The number of ether oxygens (including phenoxy) is 2. The first-order chi connectivity index (χ1) is 11.1. The molecule has 0 aliphatic carbocycles. The van der Waals surface area contributed by atoms with Crippen LogP contribution in [0.25, 0.3) is 0 Å². The molecule has 1 heterocycles. The van der Waals surface area contributed by atoms with E-state index in [0.717, 1.165) is 5.56 Å². The van der Waals surface area contributed by atoms with Crippen LogP contribution in [0, 0.1) is 0 Å². The van der Waals surface area contributed by atoms with Crippen LogP contribution >= 0.6 is 12.4 Å². The van der Waals surface area contributed by atoms with E-state index in [0.29, 0.717) is 35.8 Å². The number of anilines is 1. The number of hydrogen-bond acceptors (Lipinski definition) is 5. The molecule has 6 nitrogen and oxygen atoms in total. The standard InChI is InChI=1S/C17H21N3O3.ClH/c1-22-15-6-3-12(9-16(15)23-2)7-8-19-17(21)10-14-5-4-13(18)11-20-14;/h3-6,9,11H,7-8,10,18H2,1-2H3,(H,19,21);1H. The first kappa shape index (κ1) is 19.6. The van der Waals surface area contributed by atoms with E-state index in [1.54, 1.807) is 32.5 Å². The molecule has 130 valence electrons. The Morgan fingerprint density at radius 2 is 1.92 bits per heavy atom. The third-order valence-corrected chi connectivity index (χ3v) is 3.37. The van der Waals surface area contributed by atoms with Crippen LogP contribution in [0.1, 0.15) is 11.3 Å². The number of amides is 1. The number of nitrogen functional groups attached to an aromatic ring is 1. The van der Waals surface area contributed by atoms with Gasteiger partial charge in [-0.05, 0) is 36.2 Å². The van der Waals surface area contributed by atoms with Crippen LogP contribution in [0.3, 0.4) is 0 Å². The first-order valence-corrected chi connectivity index (χ1v) is 7.30. The number of carbonyl (C=O) groups is 1. The molecule has 1 aromatic carbocycles. The Morgan fingerprint density at radius 3 is 2.54 bits per heavy atom. The second kappa shape index (κ2) is 9.62. The maximum absolute atomic E-state index is 11.9. The van der Waals surface area contributed by atoms with Crippen molar-refractivity contribution in [2.45, 2.75) is 12.8 Å². The smallest absolute Gasteiger partial charge is 0.226 e. The molecule has 1 aromatic heterocycles. The van der Waals surface area contributed by atoms with E-state index in [9.17, 15) is 4.79 Å². The molecule has 0 aliphatic rings. The number of benzene rings is 1. The van der Waals surface area contributed by atoms with Gasteiger partial charge in [0.2, 0.25) is 5.91 Å². The number of nitrogens with two attached hydrogens (primary N) is 1. The van der Waals surface area contributed by atoms with Crippen molar-refractivity contribution in [1.82, 2.24) is 10.3 Å². The van der Waals surface area contributed by atoms with Crippen molar-refractivity contribution in [3.05, 3.63) is 47.8 Å². The molecule has 2 rings (SSSR count). The van der Waals surface area contributed by atoms with Gasteiger partial charge < -0.3 is 20.5 Å². The van der Waals surface area contributed by atoms with Gasteiger partial charge in [-0.25, -0.2) is 0 Å². The third kappa shape index (κ3) is 5.62. The second-order valence-corrected chi connectivity index (χ2v) is 5.05. The predicted octanol–water partition coefficient (Wildman–Crippen LogP) is 2.00. The topological polar surface area (TPSA) is 86.5 Å². The Bertz CT molecular complexity index is 663. The molecule has 0 radical (unpaired) electrons. The quantitative estimate of drug-likeness (QED) is 0.796. The van der Waals surface area contributed by atoms with E-state index in [-0.39, 0.29) is 24.7 Å². The molecule has 0 fully saturated rings. The average molecular weight is 352 g/mol. The molecule has 7 heteroatoms. The second-order valence-electron chi connectivity index (χ2n) is 5.05. The minimum Gasteiger partial charge on any atom is -0.493 e. The van der Waals surface area contributed by atoms with Crippen molar-refractivity contribution in [3.63, 3.8) is 0 Å². The molecule has 0 atom stereocenters. The Kier molecular flexibility index (Phi) is 7.85. The fraction of sp³-hybridized carbons (Fsp3) is 0.294. The number of nitrogens with one attached hydrogen (secondary N) is 1. The lowest BCUT2D eigenvalue weighted by molar-refractivity contribution is -0.120. The summed E-state index contributed by atoms with van der Waals surface area (Å²) in [7, 11) is 3.20. The fourth-order valence-corrected chi connectivity index (χ4v) is 2.15. The number of rotatable bonds is 7. The zero-order valence-corrected chi connectivity index (χ0v) is 14.6. The highest BCUT2D eigenvalue weighted by Crippen LogP contribution is 2.27. The molecule has 0 saturated carbocycles. The largest absolute Gasteiger partial charge is 0.493 e. The first-order valence-electron chi connectivity index (χ1n) is 7.30. The maximum Gasteiger partial charge on any atom is 0.226 e. The van der Waals surface area contributed by atoms with Crippen molar-refractivity contribution in [2.75, 3.05) is 26.5 Å². The Balaban J connectivity index is 0.00000288. The normalized spacial score (nSPS) is 9.75. The van der Waals surface area contributed by atoms with E-state index in [2.05, 4.69) is 10.3 Å². The number of hydrogen-bond donors (Lipinski definition) is 2. The summed E-state index contributed by atoms with van der Waals surface area (Å²) in [6.45, 7) is 0.545. The molecule has 0 bridgehead atoms. The monoisotopic (exact) mass is 351 g/mol. The third-order valence-electron chi connectivity index (χ3n) is 3.37. The van der Waals surface area contributed by atoms with Crippen molar-refractivity contribution < 1.29 is 14.3 Å². The number of aromatic nitrogens is 1. The van der Waals surface area contributed by atoms with Crippen LogP contribution < -0.4 is 20.5 Å². The van der Waals surface area contributed by atoms with Crippen LogP contribution in [0.2, 0.25) is 0 Å². The van der Waals surface area contributed by atoms with Crippen molar-refractivity contribution in [2.24, 2.45) is 0 Å². The zero-order chi connectivity index (χ0) is 16.7. The van der Waals surface area contributed by atoms with Gasteiger partial charge in [-0.3, -0.25) is 9.78 Å². The summed E-state index contributed by atoms with van der Waals surface area (Å²) in [4.78, 5) is 16.0. The lowest BCUT2D eigenvalue weighted by atomic mass is 10.1. The SMILES string of the molecule is COc1ccc(CCNC(=O)Cc2ccc(N)cn2)cc1OC.Cl. The van der Waals surface area contributed by atoms with Crippen molar-refractivity contribution in [3.8, 4) is 11.5 Å². The highest BCUT2D eigenvalue weighted by Gasteiger charge is 2.06. The van der Waals surface area contributed by atoms with Crippen molar-refractivity contribution in [1.29, 1.82) is 0 Å². The van der Waals surface area contributed by atoms with Gasteiger partial charge in [0.25, 0.3) is 0 Å². The molecule has 0 spiro atoms. The number of methoxy groups -OCH3 is 2. The van der Waals surface area contributed by atoms with E-state index in [1.165, 1.54) is 0 Å². The molecule has 3 N–H and O–H groups in total. The summed E-state index contributed by atoms with van der Waals surface area (Å²) in [5.74, 6) is 1.31. The van der Waals surface area contributed by atoms with Crippen LogP contribution in [0.5, 0.6) is 11.5 Å². The lowest BCUT2D eigenvalue weighted by Gasteiger charge is -2.10. The van der Waals surface area contributed by atoms with Gasteiger partial charge >= 0.3 is 0 Å². The molecule has 24 heavy (non-hydrogen) atoms. The van der Waals surface area contributed by atoms with E-state index in [4.69, 9.17) is 15.2 Å². The number of halogens is 1. The Hall–Kier alpha value is -2.47. The van der Waals surface area contributed by atoms with Gasteiger partial charge in [-0.2, -0.15) is 0 Å². The molecule has 1 amide bonds. The summed E-state index contributed by atoms with van der Waals surface area (Å²) < 4.78 is 10.5. The van der Waals surface area contributed by atoms with Gasteiger partial charge in [0.15, 0.2) is 11.5 Å². The van der Waals surface area contributed by atoms with Gasteiger partial charge in [-0.15, -0.1) is 12.4 Å². The minimum absolute atomic E-state index is 0. The molecule has 0 saturated heterocycles.